The van der Waals surface area contributed by atoms with Crippen molar-refractivity contribution in [3.8, 4) is 0 Å². The first kappa shape index (κ1) is 14.7. The molecule has 1 amide bonds. The van der Waals surface area contributed by atoms with Crippen LogP contribution in [0, 0.1) is 5.82 Å². The van der Waals surface area contributed by atoms with E-state index in [0.29, 0.717) is 17.7 Å². The smallest absolute Gasteiger partial charge is 0.255 e. The predicted octanol–water partition coefficient (Wildman–Crippen LogP) is 4.29. The fourth-order valence-electron chi connectivity index (χ4n) is 2.20. The van der Waals surface area contributed by atoms with E-state index in [2.05, 4.69) is 26.4 Å². The molecule has 1 atom stereocenters. The van der Waals surface area contributed by atoms with Crippen LogP contribution in [-0.4, -0.2) is 12.1 Å². The number of nitrogens with one attached hydrogen (secondary N) is 1. The fourth-order valence-corrected chi connectivity index (χ4v) is 2.56. The Morgan fingerprint density at radius 3 is 2.73 bits per heavy atom. The van der Waals surface area contributed by atoms with Crippen molar-refractivity contribution in [1.82, 2.24) is 0 Å². The highest BCUT2D eigenvalue weighted by molar-refractivity contribution is 9.10. The average Bonchev–Trinajstić information content (AvgIpc) is 3.02. The number of anilines is 1. The van der Waals surface area contributed by atoms with Crippen molar-refractivity contribution in [2.24, 2.45) is 5.16 Å². The summed E-state index contributed by atoms with van der Waals surface area (Å²) in [5.41, 5.74) is 1.87. The van der Waals surface area contributed by atoms with Crippen molar-refractivity contribution < 1.29 is 14.0 Å². The summed E-state index contributed by atoms with van der Waals surface area (Å²) >= 11 is 3.39. The number of oxime groups is 1. The Bertz CT molecular complexity index is 723. The molecule has 1 unspecified atom stereocenters. The van der Waals surface area contributed by atoms with Gasteiger partial charge in [0.25, 0.3) is 5.91 Å². The van der Waals surface area contributed by atoms with Crippen molar-refractivity contribution >= 4 is 33.7 Å². The maximum atomic E-state index is 12.9. The molecule has 0 spiro atoms. The highest BCUT2D eigenvalue weighted by atomic mass is 79.9. The normalized spacial score (nSPS) is 16.4. The van der Waals surface area contributed by atoms with Crippen molar-refractivity contribution in [3.05, 3.63) is 63.9 Å². The molecular formula is C16H12BrFN2O2. The van der Waals surface area contributed by atoms with E-state index < -0.39 is 0 Å². The van der Waals surface area contributed by atoms with Crippen LogP contribution in [0.1, 0.15) is 28.4 Å². The van der Waals surface area contributed by atoms with Gasteiger partial charge < -0.3 is 10.2 Å². The van der Waals surface area contributed by atoms with Gasteiger partial charge in [0.2, 0.25) is 0 Å². The van der Waals surface area contributed by atoms with E-state index in [0.717, 1.165) is 10.0 Å². The second-order valence-corrected chi connectivity index (χ2v) is 5.73. The van der Waals surface area contributed by atoms with Crippen LogP contribution in [0.3, 0.4) is 0 Å². The van der Waals surface area contributed by atoms with Crippen LogP contribution in [0.5, 0.6) is 0 Å². The number of carbonyl (C=O) groups is 1. The zero-order valence-electron chi connectivity index (χ0n) is 11.4. The summed E-state index contributed by atoms with van der Waals surface area (Å²) in [4.78, 5) is 17.6. The van der Waals surface area contributed by atoms with Gasteiger partial charge in [-0.1, -0.05) is 27.2 Å². The average molecular weight is 363 g/mol. The van der Waals surface area contributed by atoms with Crippen LogP contribution in [0.4, 0.5) is 10.1 Å². The monoisotopic (exact) mass is 362 g/mol. The van der Waals surface area contributed by atoms with Gasteiger partial charge in [0.05, 0.1) is 0 Å². The summed E-state index contributed by atoms with van der Waals surface area (Å²) < 4.78 is 13.8. The largest absolute Gasteiger partial charge is 0.387 e. The molecule has 2 aromatic carbocycles. The number of hydrogen-bond acceptors (Lipinski definition) is 3. The summed E-state index contributed by atoms with van der Waals surface area (Å²) in [6, 6.07) is 11.0. The van der Waals surface area contributed by atoms with Gasteiger partial charge in [-0.05, 0) is 36.4 Å². The van der Waals surface area contributed by atoms with Crippen LogP contribution in [0.15, 0.2) is 52.1 Å². The van der Waals surface area contributed by atoms with Gasteiger partial charge in [0, 0.05) is 33.9 Å². The molecule has 2 aromatic rings. The molecule has 0 aromatic heterocycles. The first-order valence-electron chi connectivity index (χ1n) is 6.67. The zero-order valence-corrected chi connectivity index (χ0v) is 13.0. The second kappa shape index (κ2) is 6.27. The molecule has 1 aliphatic rings. The lowest BCUT2D eigenvalue weighted by Crippen LogP contribution is -2.14. The van der Waals surface area contributed by atoms with E-state index in [1.165, 1.54) is 24.3 Å². The predicted molar refractivity (Wildman–Crippen MR) is 85.4 cm³/mol. The number of halogens is 2. The van der Waals surface area contributed by atoms with Gasteiger partial charge in [0.1, 0.15) is 5.82 Å². The maximum Gasteiger partial charge on any atom is 0.255 e. The Morgan fingerprint density at radius 2 is 2.05 bits per heavy atom. The van der Waals surface area contributed by atoms with Gasteiger partial charge >= 0.3 is 0 Å². The molecule has 6 heteroatoms. The maximum absolute atomic E-state index is 12.9. The summed E-state index contributed by atoms with van der Waals surface area (Å²) in [6.45, 7) is 0. The van der Waals surface area contributed by atoms with Crippen molar-refractivity contribution in [1.29, 1.82) is 0 Å². The lowest BCUT2D eigenvalue weighted by molar-refractivity contribution is 0.0861. The SMILES string of the molecule is O=C(Nc1cc(Br)ccc1C1CC=NO1)c1ccc(F)cc1. The molecule has 112 valence electrons. The highest BCUT2D eigenvalue weighted by Gasteiger charge is 2.21. The lowest BCUT2D eigenvalue weighted by atomic mass is 10.0. The molecule has 0 saturated heterocycles. The van der Waals surface area contributed by atoms with Crippen LogP contribution in [-0.2, 0) is 4.84 Å². The van der Waals surface area contributed by atoms with E-state index in [9.17, 15) is 9.18 Å². The Hall–Kier alpha value is -2.21. The van der Waals surface area contributed by atoms with Crippen molar-refractivity contribution in [2.75, 3.05) is 5.32 Å². The van der Waals surface area contributed by atoms with Gasteiger partial charge in [0.15, 0.2) is 6.10 Å². The molecule has 0 aliphatic carbocycles. The minimum atomic E-state index is -0.379. The van der Waals surface area contributed by atoms with E-state index in [-0.39, 0.29) is 17.8 Å². The quantitative estimate of drug-likeness (QED) is 0.885. The molecule has 1 aliphatic heterocycles. The van der Waals surface area contributed by atoms with E-state index in [1.807, 2.05) is 12.1 Å². The first-order valence-corrected chi connectivity index (χ1v) is 7.47. The number of benzene rings is 2. The molecular weight excluding hydrogens is 351 g/mol. The first-order chi connectivity index (χ1) is 10.6. The van der Waals surface area contributed by atoms with Crippen LogP contribution >= 0.6 is 15.9 Å². The van der Waals surface area contributed by atoms with Crippen LogP contribution in [0.25, 0.3) is 0 Å². The molecule has 22 heavy (non-hydrogen) atoms. The summed E-state index contributed by atoms with van der Waals surface area (Å²) in [6.07, 6.45) is 2.14. The number of amides is 1. The molecule has 3 rings (SSSR count). The Balaban J connectivity index is 1.86. The van der Waals surface area contributed by atoms with Gasteiger partial charge in [-0.2, -0.15) is 0 Å². The third-order valence-corrected chi connectivity index (χ3v) is 3.79. The number of carbonyl (C=O) groups excluding carboxylic acids is 1. The molecule has 0 radical (unpaired) electrons. The Morgan fingerprint density at radius 1 is 1.27 bits per heavy atom. The van der Waals surface area contributed by atoms with Gasteiger partial charge in [-0.15, -0.1) is 0 Å². The van der Waals surface area contributed by atoms with E-state index in [4.69, 9.17) is 4.84 Å². The second-order valence-electron chi connectivity index (χ2n) is 4.81. The highest BCUT2D eigenvalue weighted by Crippen LogP contribution is 2.32. The Labute approximate surface area is 135 Å². The molecule has 0 saturated carbocycles. The molecule has 4 nitrogen and oxygen atoms in total. The third-order valence-electron chi connectivity index (χ3n) is 3.30. The van der Waals surface area contributed by atoms with E-state index in [1.54, 1.807) is 12.3 Å². The minimum Gasteiger partial charge on any atom is -0.387 e. The van der Waals surface area contributed by atoms with Gasteiger partial charge in [-0.3, -0.25) is 4.79 Å². The van der Waals surface area contributed by atoms with Crippen molar-refractivity contribution in [2.45, 2.75) is 12.5 Å². The topological polar surface area (TPSA) is 50.7 Å². The van der Waals surface area contributed by atoms with Crippen LogP contribution in [0.2, 0.25) is 0 Å². The number of hydrogen-bond donors (Lipinski definition) is 1. The van der Waals surface area contributed by atoms with Crippen LogP contribution < -0.4 is 5.32 Å². The third kappa shape index (κ3) is 3.17. The fraction of sp³-hybridized carbons (Fsp3) is 0.125. The lowest BCUT2D eigenvalue weighted by Gasteiger charge is -2.15. The molecule has 1 heterocycles. The zero-order chi connectivity index (χ0) is 15.5. The van der Waals surface area contributed by atoms with E-state index >= 15 is 0 Å². The standard InChI is InChI=1S/C16H12BrFN2O2/c17-11-3-6-13(15-7-8-19-22-15)14(9-11)20-16(21)10-1-4-12(18)5-2-10/h1-6,8-9,15H,7H2,(H,20,21). The summed E-state index contributed by atoms with van der Waals surface area (Å²) in [5, 5.41) is 6.60. The molecule has 1 N–H and O–H groups in total. The summed E-state index contributed by atoms with van der Waals surface area (Å²) in [5.74, 6) is -0.686. The molecule has 0 fully saturated rings. The molecule has 0 bridgehead atoms. The van der Waals surface area contributed by atoms with Crippen molar-refractivity contribution in [3.63, 3.8) is 0 Å². The number of nitrogens with zero attached hydrogens (tertiary/aromatic N) is 1. The Kier molecular flexibility index (Phi) is 4.20. The minimum absolute atomic E-state index is 0.211. The number of rotatable bonds is 3. The van der Waals surface area contributed by atoms with Gasteiger partial charge in [-0.25, -0.2) is 4.39 Å². The summed E-state index contributed by atoms with van der Waals surface area (Å²) in [7, 11) is 0.